The normalized spacial score (nSPS) is 13.2. The number of aromatic nitrogens is 3. The first kappa shape index (κ1) is 44.7. The number of halogens is 7. The molecule has 0 spiro atoms. The lowest BCUT2D eigenvalue weighted by Gasteiger charge is -2.12. The van der Waals surface area contributed by atoms with E-state index in [9.17, 15) is 36.9 Å². The number of hydrogen-bond acceptors (Lipinski definition) is 9. The Labute approximate surface area is 302 Å². The third kappa shape index (κ3) is 13.1. The summed E-state index contributed by atoms with van der Waals surface area (Å²) in [5, 5.41) is 19.9. The molecule has 1 heterocycles. The zero-order valence-corrected chi connectivity index (χ0v) is 30.5. The Morgan fingerprint density at radius 3 is 2.12 bits per heavy atom. The van der Waals surface area contributed by atoms with Gasteiger partial charge in [-0.3, -0.25) is 14.2 Å². The molecule has 3 rings (SSSR count). The van der Waals surface area contributed by atoms with Crippen molar-refractivity contribution < 1.29 is 56.7 Å². The standard InChI is InChI=1S/C15H14Cl2F3N3O3.C8H6Cl2O3.C5H12NO4P/c1-3-26-13(24)10(17)4-8-5-12(11(18)6-9(8)16)23-15(25)22(14(19)20)7(2)21-23;1-13-7-5(10)3-2-4(9)6(7)8(11)12;1-11(9,10)3-2-4(6)5(7)8/h5-6,10,14H,3-4H2,1-2H3;2-3H,1H3,(H,11,12);4H,2-3,6H2,1H3,(H,7,8)(H,9,10). The number of nitrogens with two attached hydrogens (primary N) is 1. The summed E-state index contributed by atoms with van der Waals surface area (Å²) >= 11 is 23.3. The number of carboxylic acids is 2. The Kier molecular flexibility index (Phi) is 17.8. The molecule has 2 aromatic carbocycles. The Morgan fingerprint density at radius 1 is 1.10 bits per heavy atom. The molecule has 278 valence electrons. The van der Waals surface area contributed by atoms with Crippen molar-refractivity contribution in [3.63, 3.8) is 0 Å². The van der Waals surface area contributed by atoms with Crippen molar-refractivity contribution in [2.75, 3.05) is 26.5 Å². The van der Waals surface area contributed by atoms with Crippen molar-refractivity contribution in [3.05, 3.63) is 72.6 Å². The van der Waals surface area contributed by atoms with Crippen LogP contribution in [0.2, 0.25) is 15.1 Å². The second-order valence-corrected chi connectivity index (χ2v) is 14.3. The van der Waals surface area contributed by atoms with Gasteiger partial charge in [0.2, 0.25) is 0 Å². The summed E-state index contributed by atoms with van der Waals surface area (Å²) < 4.78 is 61.0. The fraction of sp³-hybridized carbons (Fsp3) is 0.393. The van der Waals surface area contributed by atoms with E-state index in [2.05, 4.69) is 5.10 Å². The SMILES string of the molecule is CCOC(=O)C(Cl)Cc1cc(-n2nc(C)n(C(F)F)c2=O)c(F)cc1Cl.COc1c(Cl)ccc(Cl)c1C(=O)O.CP(=O)(O)CCC(N)C(=O)O. The zero-order chi connectivity index (χ0) is 38.7. The highest BCUT2D eigenvalue weighted by atomic mass is 35.5. The highest BCUT2D eigenvalue weighted by Gasteiger charge is 2.24. The average Bonchev–Trinajstić information content (AvgIpc) is 3.31. The molecule has 0 amide bonds. The molecule has 0 bridgehead atoms. The van der Waals surface area contributed by atoms with Gasteiger partial charge >= 0.3 is 30.1 Å². The van der Waals surface area contributed by atoms with Crippen molar-refractivity contribution in [1.29, 1.82) is 0 Å². The fourth-order valence-corrected chi connectivity index (χ4v) is 5.38. The van der Waals surface area contributed by atoms with Gasteiger partial charge in [0.15, 0.2) is 18.9 Å². The minimum absolute atomic E-state index is 0.0412. The second kappa shape index (κ2) is 19.9. The Bertz CT molecular complexity index is 1790. The molecule has 0 radical (unpaired) electrons. The van der Waals surface area contributed by atoms with E-state index in [1.54, 1.807) is 6.92 Å². The van der Waals surface area contributed by atoms with Crippen molar-refractivity contribution in [2.45, 2.75) is 44.7 Å². The van der Waals surface area contributed by atoms with Crippen LogP contribution in [0.1, 0.15) is 41.6 Å². The lowest BCUT2D eigenvalue weighted by molar-refractivity contribution is -0.142. The van der Waals surface area contributed by atoms with Crippen molar-refractivity contribution in [2.24, 2.45) is 5.73 Å². The molecular weight excluding hydrogens is 782 g/mol. The number of esters is 1. The molecule has 0 aliphatic heterocycles. The quantitative estimate of drug-likeness (QED) is 0.0995. The summed E-state index contributed by atoms with van der Waals surface area (Å²) in [5.41, 5.74) is 3.61. The van der Waals surface area contributed by atoms with E-state index in [1.807, 2.05) is 0 Å². The Morgan fingerprint density at radius 2 is 1.68 bits per heavy atom. The van der Waals surface area contributed by atoms with Crippen LogP contribution in [0.4, 0.5) is 13.2 Å². The number of rotatable bonds is 12. The number of carbonyl (C=O) groups is 3. The average molecular weight is 814 g/mol. The van der Waals surface area contributed by atoms with Crippen LogP contribution in [0.25, 0.3) is 5.69 Å². The number of ether oxygens (including phenoxy) is 2. The van der Waals surface area contributed by atoms with Crippen molar-refractivity contribution >= 4 is 71.7 Å². The summed E-state index contributed by atoms with van der Waals surface area (Å²) in [7, 11) is -1.77. The lowest BCUT2D eigenvalue weighted by atomic mass is 10.1. The number of hydrogen-bond donors (Lipinski definition) is 4. The highest BCUT2D eigenvalue weighted by molar-refractivity contribution is 7.57. The number of aromatic carboxylic acids is 1. The molecule has 3 aromatic rings. The van der Waals surface area contributed by atoms with E-state index in [4.69, 9.17) is 76.7 Å². The summed E-state index contributed by atoms with van der Waals surface area (Å²) in [6, 6.07) is 3.89. The number of aryl methyl sites for hydroxylation is 1. The van der Waals surface area contributed by atoms with Gasteiger partial charge in [0.1, 0.15) is 28.5 Å². The molecule has 5 N–H and O–H groups in total. The Balaban J connectivity index is 0.000000433. The number of alkyl halides is 3. The molecule has 14 nitrogen and oxygen atoms in total. The van der Waals surface area contributed by atoms with E-state index in [-0.39, 0.29) is 73.6 Å². The second-order valence-electron chi connectivity index (χ2n) is 9.96. The number of carbonyl (C=O) groups excluding carboxylic acids is 1. The van der Waals surface area contributed by atoms with Gasteiger partial charge in [-0.1, -0.05) is 34.8 Å². The maximum absolute atomic E-state index is 14.2. The van der Waals surface area contributed by atoms with Gasteiger partial charge < -0.3 is 30.3 Å². The number of benzene rings is 2. The van der Waals surface area contributed by atoms with Gasteiger partial charge in [0.05, 0.1) is 23.8 Å². The third-order valence-corrected chi connectivity index (χ3v) is 8.50. The molecule has 22 heteroatoms. The molecule has 3 atom stereocenters. The molecule has 0 fully saturated rings. The van der Waals surface area contributed by atoms with Crippen LogP contribution in [0.3, 0.4) is 0 Å². The predicted octanol–water partition coefficient (Wildman–Crippen LogP) is 5.63. The Hall–Kier alpha value is -3.31. The van der Waals surface area contributed by atoms with Crippen LogP contribution >= 0.6 is 53.8 Å². The van der Waals surface area contributed by atoms with Gasteiger partial charge in [-0.15, -0.1) is 16.7 Å². The summed E-state index contributed by atoms with van der Waals surface area (Å²) in [6.45, 7) is 0.987. The minimum atomic E-state index is -3.12. The first-order valence-electron chi connectivity index (χ1n) is 13.9. The third-order valence-electron chi connectivity index (χ3n) is 6.11. The van der Waals surface area contributed by atoms with Crippen molar-refractivity contribution in [1.82, 2.24) is 14.3 Å². The van der Waals surface area contributed by atoms with E-state index in [1.165, 1.54) is 32.8 Å². The predicted molar refractivity (Wildman–Crippen MR) is 180 cm³/mol. The molecule has 0 saturated carbocycles. The molecule has 1 aromatic heterocycles. The van der Waals surface area contributed by atoms with Crippen LogP contribution in [-0.4, -0.2) is 85.3 Å². The summed E-state index contributed by atoms with van der Waals surface area (Å²) in [5.74, 6) is -4.14. The largest absolute Gasteiger partial charge is 0.494 e. The van der Waals surface area contributed by atoms with Crippen LogP contribution in [0.5, 0.6) is 5.75 Å². The molecular formula is C28H32Cl4F3N4O10P. The molecule has 3 unspecified atom stereocenters. The van der Waals surface area contributed by atoms with Gasteiger partial charge in [-0.05, 0) is 50.1 Å². The molecule has 0 aliphatic carbocycles. The molecule has 0 saturated heterocycles. The molecule has 50 heavy (non-hydrogen) atoms. The van der Waals surface area contributed by atoms with Crippen LogP contribution in [-0.2, 0) is 25.3 Å². The van der Waals surface area contributed by atoms with Gasteiger partial charge in [0.25, 0.3) is 0 Å². The smallest absolute Gasteiger partial charge is 0.355 e. The monoisotopic (exact) mass is 812 g/mol. The number of carboxylic acid groups (broad SMARTS) is 2. The summed E-state index contributed by atoms with van der Waals surface area (Å²) in [4.78, 5) is 53.3. The first-order chi connectivity index (χ1) is 23.1. The number of methoxy groups -OCH3 is 1. The maximum atomic E-state index is 14.2. The molecule has 0 aliphatic rings. The highest BCUT2D eigenvalue weighted by Crippen LogP contribution is 2.36. The van der Waals surface area contributed by atoms with E-state index in [0.717, 1.165) is 12.1 Å². The minimum Gasteiger partial charge on any atom is -0.494 e. The van der Waals surface area contributed by atoms with E-state index >= 15 is 0 Å². The summed E-state index contributed by atoms with van der Waals surface area (Å²) in [6.07, 6.45) is -0.115. The van der Waals surface area contributed by atoms with Crippen LogP contribution < -0.4 is 16.2 Å². The van der Waals surface area contributed by atoms with Gasteiger partial charge in [-0.25, -0.2) is 18.5 Å². The van der Waals surface area contributed by atoms with E-state index in [0.29, 0.717) is 4.68 Å². The van der Waals surface area contributed by atoms with Crippen LogP contribution in [0.15, 0.2) is 29.1 Å². The van der Waals surface area contributed by atoms with Gasteiger partial charge in [-0.2, -0.15) is 13.5 Å². The van der Waals surface area contributed by atoms with Gasteiger partial charge in [0, 0.05) is 24.3 Å². The van der Waals surface area contributed by atoms with E-state index < -0.39 is 54.8 Å². The fourth-order valence-electron chi connectivity index (χ4n) is 3.70. The zero-order valence-electron chi connectivity index (χ0n) is 26.6. The first-order valence-corrected chi connectivity index (χ1v) is 17.7. The maximum Gasteiger partial charge on any atom is 0.355 e. The lowest BCUT2D eigenvalue weighted by Crippen LogP contribution is -2.30. The van der Waals surface area contributed by atoms with Crippen molar-refractivity contribution in [3.8, 4) is 11.4 Å². The van der Waals surface area contributed by atoms with Crippen LogP contribution in [0, 0.1) is 12.7 Å². The number of nitrogens with zero attached hydrogens (tertiary/aromatic N) is 3. The topological polar surface area (TPSA) is 213 Å². The number of aliphatic carboxylic acids is 1.